The van der Waals surface area contributed by atoms with Crippen molar-refractivity contribution in [1.82, 2.24) is 9.55 Å². The number of H-pyrrole nitrogens is 1. The van der Waals surface area contributed by atoms with Gasteiger partial charge in [-0.3, -0.25) is 14.3 Å². The minimum atomic E-state index is -1.32. The van der Waals surface area contributed by atoms with Gasteiger partial charge >= 0.3 is 5.69 Å². The molecule has 0 radical (unpaired) electrons. The lowest BCUT2D eigenvalue weighted by molar-refractivity contribution is -0.187. The van der Waals surface area contributed by atoms with Gasteiger partial charge in [-0.1, -0.05) is 0 Å². The second-order valence-electron chi connectivity index (χ2n) is 4.08. The summed E-state index contributed by atoms with van der Waals surface area (Å²) in [4.78, 5) is 24.2. The van der Waals surface area contributed by atoms with Crippen molar-refractivity contribution >= 4 is 0 Å². The van der Waals surface area contributed by atoms with Crippen LogP contribution in [-0.4, -0.2) is 56.1 Å². The van der Waals surface area contributed by atoms with Gasteiger partial charge in [0.2, 0.25) is 0 Å². The van der Waals surface area contributed by atoms with E-state index in [1.807, 2.05) is 4.98 Å². The molecule has 1 aromatic heterocycles. The van der Waals surface area contributed by atoms with Gasteiger partial charge in [-0.2, -0.15) is 0 Å². The Kier molecular flexibility index (Phi) is 4.12. The number of hydrogen-bond acceptors (Lipinski definition) is 7. The molecule has 1 fully saturated rings. The number of ether oxygens (including phenoxy) is 2. The molecule has 1 saturated heterocycles. The van der Waals surface area contributed by atoms with Crippen LogP contribution >= 0.6 is 0 Å². The smallest absolute Gasteiger partial charge is 0.330 e. The van der Waals surface area contributed by atoms with Crippen molar-refractivity contribution in [1.29, 1.82) is 0 Å². The van der Waals surface area contributed by atoms with Gasteiger partial charge in [-0.05, 0) is 0 Å². The molecular formula is C10H14N2O7. The summed E-state index contributed by atoms with van der Waals surface area (Å²) in [6.07, 6.45) is -3.46. The molecule has 9 heteroatoms. The van der Waals surface area contributed by atoms with Crippen LogP contribution in [0, 0.1) is 0 Å². The Morgan fingerprint density at radius 2 is 2.11 bits per heavy atom. The maximum Gasteiger partial charge on any atom is 0.330 e. The summed E-state index contributed by atoms with van der Waals surface area (Å²) in [6.45, 7) is -0.737. The Morgan fingerprint density at radius 1 is 1.37 bits per heavy atom. The van der Waals surface area contributed by atoms with Gasteiger partial charge in [-0.25, -0.2) is 4.79 Å². The van der Waals surface area contributed by atoms with Crippen molar-refractivity contribution in [2.75, 3.05) is 6.61 Å². The van der Waals surface area contributed by atoms with E-state index in [-0.39, 0.29) is 6.73 Å². The lowest BCUT2D eigenvalue weighted by Crippen LogP contribution is -2.36. The number of nitrogens with one attached hydrogen (secondary N) is 1. The molecule has 4 N–H and O–H groups in total. The zero-order valence-corrected chi connectivity index (χ0v) is 9.80. The minimum absolute atomic E-state index is 0.276. The van der Waals surface area contributed by atoms with Gasteiger partial charge in [0, 0.05) is 12.3 Å². The summed E-state index contributed by atoms with van der Waals surface area (Å²) in [5, 5.41) is 28.0. The molecule has 2 rings (SSSR count). The fraction of sp³-hybridized carbons (Fsp3) is 0.600. The predicted octanol–water partition coefficient (Wildman–Crippen LogP) is -3.05. The summed E-state index contributed by atoms with van der Waals surface area (Å²) >= 11 is 0. The van der Waals surface area contributed by atoms with Crippen molar-refractivity contribution in [3.8, 4) is 0 Å². The second-order valence-corrected chi connectivity index (χ2v) is 4.08. The number of aromatic nitrogens is 2. The van der Waals surface area contributed by atoms with Crippen LogP contribution in [-0.2, 0) is 16.2 Å². The maximum atomic E-state index is 11.3. The number of aromatic amines is 1. The van der Waals surface area contributed by atoms with Gasteiger partial charge in [0.15, 0.2) is 6.29 Å². The normalized spacial score (nSPS) is 30.7. The molecule has 0 bridgehead atoms. The molecule has 1 unspecified atom stereocenters. The van der Waals surface area contributed by atoms with Crippen molar-refractivity contribution in [3.63, 3.8) is 0 Å². The topological polar surface area (TPSA) is 134 Å². The van der Waals surface area contributed by atoms with Gasteiger partial charge in [0.05, 0.1) is 6.61 Å². The molecule has 106 valence electrons. The van der Waals surface area contributed by atoms with Crippen LogP contribution in [0.1, 0.15) is 0 Å². The highest BCUT2D eigenvalue weighted by molar-refractivity contribution is 4.86. The Hall–Kier alpha value is -1.52. The van der Waals surface area contributed by atoms with Crippen molar-refractivity contribution in [2.45, 2.75) is 31.3 Å². The lowest BCUT2D eigenvalue weighted by atomic mass is 10.1. The van der Waals surface area contributed by atoms with E-state index in [1.165, 1.54) is 6.20 Å². The summed E-state index contributed by atoms with van der Waals surface area (Å²) in [7, 11) is 0. The molecule has 4 atom stereocenters. The van der Waals surface area contributed by atoms with E-state index in [0.29, 0.717) is 0 Å². The summed E-state index contributed by atoms with van der Waals surface area (Å²) in [6, 6.07) is 1.14. The fourth-order valence-corrected chi connectivity index (χ4v) is 1.70. The predicted molar refractivity (Wildman–Crippen MR) is 60.2 cm³/mol. The van der Waals surface area contributed by atoms with Gasteiger partial charge in [-0.15, -0.1) is 0 Å². The highest BCUT2D eigenvalue weighted by atomic mass is 16.7. The first-order valence-corrected chi connectivity index (χ1v) is 5.56. The average molecular weight is 274 g/mol. The highest BCUT2D eigenvalue weighted by Gasteiger charge is 2.43. The lowest BCUT2D eigenvalue weighted by Gasteiger charge is -2.15. The van der Waals surface area contributed by atoms with E-state index in [1.54, 1.807) is 0 Å². The van der Waals surface area contributed by atoms with E-state index < -0.39 is 42.5 Å². The van der Waals surface area contributed by atoms with Crippen molar-refractivity contribution in [2.24, 2.45) is 0 Å². The van der Waals surface area contributed by atoms with E-state index in [0.717, 1.165) is 10.6 Å². The number of aliphatic hydroxyl groups is 3. The summed E-state index contributed by atoms with van der Waals surface area (Å²) in [5.41, 5.74) is -1.20. The largest absolute Gasteiger partial charge is 0.394 e. The maximum absolute atomic E-state index is 11.3. The molecule has 19 heavy (non-hydrogen) atoms. The minimum Gasteiger partial charge on any atom is -0.394 e. The molecule has 0 spiro atoms. The molecule has 0 amide bonds. The molecule has 1 aliphatic rings. The van der Waals surface area contributed by atoms with Crippen LogP contribution in [0.2, 0.25) is 0 Å². The first-order chi connectivity index (χ1) is 9.02. The number of aliphatic hydroxyl groups excluding tert-OH is 3. The Labute approximate surface area is 106 Å². The quantitative estimate of drug-likeness (QED) is 0.458. The SMILES string of the molecule is O=c1ccn(COC2O[C@H](CO)[C@@H](O)[C@H]2O)c(=O)[nH]1. The first-order valence-electron chi connectivity index (χ1n) is 5.56. The summed E-state index contributed by atoms with van der Waals surface area (Å²) in [5.74, 6) is 0. The van der Waals surface area contributed by atoms with E-state index >= 15 is 0 Å². The molecule has 0 aromatic carbocycles. The van der Waals surface area contributed by atoms with Gasteiger partial charge in [0.1, 0.15) is 25.0 Å². The molecule has 0 saturated carbocycles. The number of hydrogen-bond donors (Lipinski definition) is 4. The van der Waals surface area contributed by atoms with Crippen molar-refractivity contribution < 1.29 is 24.8 Å². The Bertz CT molecular complexity index is 539. The fourth-order valence-electron chi connectivity index (χ4n) is 1.70. The zero-order chi connectivity index (χ0) is 14.0. The molecule has 1 aromatic rings. The van der Waals surface area contributed by atoms with Crippen LogP contribution < -0.4 is 11.2 Å². The molecule has 9 nitrogen and oxygen atoms in total. The first kappa shape index (κ1) is 13.9. The third-order valence-electron chi connectivity index (χ3n) is 2.77. The van der Waals surface area contributed by atoms with Gasteiger partial charge in [0.25, 0.3) is 5.56 Å². The Morgan fingerprint density at radius 3 is 2.68 bits per heavy atom. The van der Waals surface area contributed by atoms with Crippen molar-refractivity contribution in [3.05, 3.63) is 33.1 Å². The standard InChI is InChI=1S/C10H14N2O7/c13-3-5-7(15)8(16)9(19-5)18-4-12-2-1-6(14)11-10(12)17/h1-2,5,7-9,13,15-16H,3-4H2,(H,11,14,17)/t5-,7-,8-,9?/m1/s1. The third kappa shape index (κ3) is 2.91. The van der Waals surface area contributed by atoms with Crippen LogP contribution in [0.3, 0.4) is 0 Å². The third-order valence-corrected chi connectivity index (χ3v) is 2.77. The van der Waals surface area contributed by atoms with Crippen LogP contribution in [0.15, 0.2) is 21.9 Å². The molecule has 0 aliphatic carbocycles. The Balaban J connectivity index is 1.99. The molecule has 2 heterocycles. The zero-order valence-electron chi connectivity index (χ0n) is 9.80. The van der Waals surface area contributed by atoms with Gasteiger partial charge < -0.3 is 24.8 Å². The monoisotopic (exact) mass is 274 g/mol. The molecule has 1 aliphatic heterocycles. The van der Waals surface area contributed by atoms with Crippen LogP contribution in [0.5, 0.6) is 0 Å². The van der Waals surface area contributed by atoms with E-state index in [4.69, 9.17) is 14.6 Å². The second kappa shape index (κ2) is 5.63. The molecular weight excluding hydrogens is 260 g/mol. The van der Waals surface area contributed by atoms with Crippen LogP contribution in [0.25, 0.3) is 0 Å². The average Bonchev–Trinajstić information content (AvgIpc) is 2.65. The van der Waals surface area contributed by atoms with E-state index in [9.17, 15) is 19.8 Å². The summed E-state index contributed by atoms with van der Waals surface area (Å²) < 4.78 is 11.2. The van der Waals surface area contributed by atoms with E-state index in [2.05, 4.69) is 0 Å². The number of rotatable bonds is 4. The van der Waals surface area contributed by atoms with Crippen LogP contribution in [0.4, 0.5) is 0 Å². The highest BCUT2D eigenvalue weighted by Crippen LogP contribution is 2.21. The number of nitrogens with zero attached hydrogens (tertiary/aromatic N) is 1.